The van der Waals surface area contributed by atoms with E-state index in [1.165, 1.54) is 20.8 Å². The van der Waals surface area contributed by atoms with E-state index in [0.717, 1.165) is 15.4 Å². The summed E-state index contributed by atoms with van der Waals surface area (Å²) in [6.45, 7) is 17.0. The summed E-state index contributed by atoms with van der Waals surface area (Å²) in [6.07, 6.45) is 6.93. The molecule has 4 rings (SSSR count). The molecule has 0 saturated heterocycles. The molecule has 9 amide bonds. The van der Waals surface area contributed by atoms with Crippen molar-refractivity contribution in [1.29, 1.82) is 0 Å². The van der Waals surface area contributed by atoms with Crippen LogP contribution in [0.2, 0.25) is 0 Å². The van der Waals surface area contributed by atoms with Crippen molar-refractivity contribution in [2.75, 3.05) is 23.7 Å². The first-order chi connectivity index (χ1) is 38.9. The minimum Gasteiger partial charge on any atom is -0.481 e. The number of benzene rings is 2. The summed E-state index contributed by atoms with van der Waals surface area (Å²) in [4.78, 5) is 144. The molecule has 0 bridgehead atoms. The number of carbonyl (C=O) groups excluding carboxylic acids is 11. The zero-order valence-corrected chi connectivity index (χ0v) is 54.7. The van der Waals surface area contributed by atoms with Crippen LogP contribution in [0, 0.1) is 24.0 Å². The number of aliphatic carboxylic acids is 1. The second-order valence-electron chi connectivity index (χ2n) is 19.7. The molecule has 6 atom stereocenters. The van der Waals surface area contributed by atoms with Crippen molar-refractivity contribution in [1.82, 2.24) is 25.8 Å². The number of carboxylic acids is 1. The van der Waals surface area contributed by atoms with Crippen LogP contribution in [0.1, 0.15) is 147 Å². The number of anilines is 2. The number of esters is 2. The molecular weight excluding hydrogens is 1230 g/mol. The number of unbranched alkanes of at least 4 members (excludes halogenated alkanes) is 4. The molecule has 83 heavy (non-hydrogen) atoms. The molecule has 2 aromatic rings. The van der Waals surface area contributed by atoms with Crippen LogP contribution in [-0.4, -0.2) is 123 Å². The van der Waals surface area contributed by atoms with Crippen LogP contribution in [0.4, 0.5) is 11.4 Å². The number of carboxylic acid groups (broad SMARTS) is 1. The molecule has 0 aliphatic carbocycles. The number of hydrogen-bond donors (Lipinski definition) is 7. The molecule has 2 radical (unpaired) electrons. The Bertz CT molecular complexity index is 2690. The normalized spacial score (nSPS) is 15.0. The molecule has 8 N–H and O–H groups in total. The predicted octanol–water partition coefficient (Wildman–Crippen LogP) is 4.71. The van der Waals surface area contributed by atoms with E-state index in [-0.39, 0.29) is 145 Å². The van der Waals surface area contributed by atoms with Crippen molar-refractivity contribution < 1.29 is 140 Å². The van der Waals surface area contributed by atoms with Gasteiger partial charge in [-0.3, -0.25) is 47.9 Å². The van der Waals surface area contributed by atoms with Crippen LogP contribution >= 0.6 is 0 Å². The van der Waals surface area contributed by atoms with Gasteiger partial charge in [0.05, 0.1) is 17.9 Å². The van der Waals surface area contributed by atoms with Crippen molar-refractivity contribution in [3.63, 3.8) is 0 Å². The van der Waals surface area contributed by atoms with Gasteiger partial charge in [-0.05, 0) is 86.8 Å². The average molecular weight is 1310 g/mol. The van der Waals surface area contributed by atoms with Gasteiger partial charge in [0.15, 0.2) is 0 Å². The third-order valence-electron chi connectivity index (χ3n) is 12.2. The third-order valence-corrected chi connectivity index (χ3v) is 12.2. The van der Waals surface area contributed by atoms with Crippen molar-refractivity contribution in [2.45, 2.75) is 171 Å². The second kappa shape index (κ2) is 40.4. The Labute approximate surface area is 539 Å². The topological polar surface area (TPSA) is 336 Å². The van der Waals surface area contributed by atoms with Gasteiger partial charge >= 0.3 is 17.9 Å². The van der Waals surface area contributed by atoms with Crippen molar-refractivity contribution in [2.24, 2.45) is 17.6 Å². The summed E-state index contributed by atoms with van der Waals surface area (Å²) in [7, 11) is 0. The van der Waals surface area contributed by atoms with Gasteiger partial charge in [-0.1, -0.05) is 92.5 Å². The first-order valence-electron chi connectivity index (χ1n) is 27.9. The summed E-state index contributed by atoms with van der Waals surface area (Å²) in [5.74, 6) is -5.72. The minimum absolute atomic E-state index is 0. The van der Waals surface area contributed by atoms with Gasteiger partial charge < -0.3 is 66.3 Å². The fourth-order valence-electron chi connectivity index (χ4n) is 7.19. The molecule has 0 fully saturated rings. The number of carbonyl (C=O) groups is 12. The van der Waals surface area contributed by atoms with Crippen LogP contribution < -0.4 is 32.3 Å². The van der Waals surface area contributed by atoms with E-state index in [0.29, 0.717) is 73.2 Å². The molecule has 2 aliphatic rings. The Morgan fingerprint density at radius 3 is 1.29 bits per heavy atom. The smallest absolute Gasteiger partial charge is 0.305 e. The number of nitrogens with two attached hydrogens (primary N) is 1. The Morgan fingerprint density at radius 1 is 0.566 bits per heavy atom. The van der Waals surface area contributed by atoms with Crippen LogP contribution in [0.15, 0.2) is 59.7 Å². The first-order valence-corrected chi connectivity index (χ1v) is 26.7. The van der Waals surface area contributed by atoms with Crippen LogP contribution in [0.5, 0.6) is 0 Å². The molecule has 450 valence electrons. The Hall–Kier alpha value is -5.87. The van der Waals surface area contributed by atoms with Crippen LogP contribution in [0.3, 0.4) is 0 Å². The zero-order valence-electron chi connectivity index (χ0n) is 51.0. The molecule has 0 saturated carbocycles. The van der Waals surface area contributed by atoms with Gasteiger partial charge in [0.2, 0.25) is 29.5 Å². The molecule has 2 aromatic carbocycles. The Kier molecular flexibility index (Phi) is 35.6. The van der Waals surface area contributed by atoms with E-state index in [2.05, 4.69) is 38.7 Å². The van der Waals surface area contributed by atoms with E-state index in [9.17, 15) is 57.5 Å². The van der Waals surface area contributed by atoms with Crippen molar-refractivity contribution in [3.8, 4) is 0 Å². The maximum Gasteiger partial charge on any atom is 0.305 e. The molecule has 23 nitrogen and oxygen atoms in total. The summed E-state index contributed by atoms with van der Waals surface area (Å²) >= 11 is 0. The number of hydrogen-bond acceptors (Lipinski definition) is 15. The number of imide groups is 2. The standard InChI is InChI=1S/C29H39N4O7.C18H27N3O4.C11H14NO4.2Y/c1-6-25(36)40-17-21-11-13-22(14-12-21)31-27(37)20(5)30-28(38)26(18(2)3)32-23(34)10-8-7-9-15-33-24(35)16-19(4)29(33)39;1-5-15(22)25-10-13-6-8-14(9-7-13)21-17(23)12(4)20-18(24)16(19)11(2)3;1-8-7-9(13)12(11(8)16)6-4-2-3-5-10(14)15;;/h11-14,18,20,26H,6-10,15,17H2,1-5H3,(H,30,38)(H,31,37)(H,32,34);6-9,11-12,16H,5,10,19H2,1-4H3,(H,20,24)(H,21,23);2-6H2,1H3,(H,14,15);;/q-1;;-1;;/t20-,26-;12-,16-;;;/m00.../s1/i6T;5T;;;/t6?,20-,26-;5?,12-,16-;;;. The van der Waals surface area contributed by atoms with Crippen LogP contribution in [0.25, 0.3) is 0 Å². The minimum atomic E-state index is -0.965. The van der Waals surface area contributed by atoms with Gasteiger partial charge in [0.1, 0.15) is 43.2 Å². The number of nitrogens with zero attached hydrogens (tertiary/aromatic N) is 2. The van der Waals surface area contributed by atoms with Crippen LogP contribution in [-0.2, 0) is 146 Å². The van der Waals surface area contributed by atoms with E-state index >= 15 is 0 Å². The second-order valence-corrected chi connectivity index (χ2v) is 19.7. The summed E-state index contributed by atoms with van der Waals surface area (Å²) < 4.78 is 24.5. The average Bonchev–Trinajstić information content (AvgIpc) is 4.13. The quantitative estimate of drug-likeness (QED) is 0.0251. The Balaban J connectivity index is 0.00000137. The largest absolute Gasteiger partial charge is 0.481 e. The predicted molar refractivity (Wildman–Crippen MR) is 298 cm³/mol. The maximum absolute atomic E-state index is 12.9. The van der Waals surface area contributed by atoms with E-state index in [1.54, 1.807) is 83.1 Å². The molecular formula is C58H80N8O15Y2-2. The maximum atomic E-state index is 12.9. The van der Waals surface area contributed by atoms with Gasteiger partial charge in [0.25, 0.3) is 0 Å². The number of ether oxygens (including phenoxy) is 2. The van der Waals surface area contributed by atoms with Crippen molar-refractivity contribution >= 4 is 82.4 Å². The van der Waals surface area contributed by atoms with Gasteiger partial charge in [-0.15, -0.1) is 0 Å². The molecule has 2 aliphatic heterocycles. The molecule has 2 unspecified atom stereocenters. The number of nitrogens with one attached hydrogen (secondary N) is 5. The number of amides is 9. The van der Waals surface area contributed by atoms with E-state index < -0.39 is 72.6 Å². The fraction of sp³-hybridized carbons (Fsp3) is 0.517. The monoisotopic (exact) mass is 1310 g/mol. The Morgan fingerprint density at radius 2 is 0.952 bits per heavy atom. The summed E-state index contributed by atoms with van der Waals surface area (Å²) in [5, 5.41) is 21.8. The van der Waals surface area contributed by atoms with E-state index in [4.69, 9.17) is 23.1 Å². The zero-order chi connectivity index (χ0) is 62.7. The molecule has 25 heteroatoms. The molecule has 0 aromatic heterocycles. The molecule has 2 heterocycles. The fourth-order valence-corrected chi connectivity index (χ4v) is 7.19. The SMILES string of the molecule is CC1=[C-]C(=O)N(CCCCCC(=O)O)C1=O.[3H]C(C)C(=O)OCc1ccc(NC(=O)[C@H](C)NC(=O)[C@@H](N)C(C)C)cc1.[3H]C(C)C(=O)OCc1ccc(NC(=O)[C@H](C)NC(=O)[C@@H](NC(=O)CCCCCN2C(=O)[C-]=C(C)C2=O)C(C)C)cc1.[Y].[Y]. The van der Waals surface area contributed by atoms with Gasteiger partial charge in [0, 0.05) is 118 Å². The van der Waals surface area contributed by atoms with Gasteiger partial charge in [-0.2, -0.15) is 23.3 Å². The first kappa shape index (κ1) is 73.2. The third kappa shape index (κ3) is 29.0. The molecule has 0 spiro atoms. The van der Waals surface area contributed by atoms with Crippen molar-refractivity contribution in [3.05, 3.63) is 83.0 Å². The summed E-state index contributed by atoms with van der Waals surface area (Å²) in [6, 6.07) is 10.2. The number of rotatable bonds is 29. The van der Waals surface area contributed by atoms with E-state index in [1.807, 2.05) is 13.8 Å². The van der Waals surface area contributed by atoms with Gasteiger partial charge in [-0.25, -0.2) is 0 Å². The summed E-state index contributed by atoms with van der Waals surface area (Å²) in [5.41, 5.74) is 8.86.